The topological polar surface area (TPSA) is 99.8 Å². The second-order valence-electron chi connectivity index (χ2n) is 9.12. The van der Waals surface area contributed by atoms with Crippen molar-refractivity contribution < 1.29 is 19.1 Å². The SMILES string of the molecule is CC[C@@H](C)NC(=O)[C@@H](NC(=O)c1ccc(OC)cc1)C1CCN(C(=O)Nc2ccc(C)cc2)CC1. The monoisotopic (exact) mass is 480 g/mol. The van der Waals surface area contributed by atoms with Crippen molar-refractivity contribution in [2.75, 3.05) is 25.5 Å². The molecule has 4 amide bonds. The van der Waals surface area contributed by atoms with E-state index in [0.717, 1.165) is 17.7 Å². The van der Waals surface area contributed by atoms with Crippen molar-refractivity contribution >= 4 is 23.5 Å². The van der Waals surface area contributed by atoms with E-state index in [2.05, 4.69) is 16.0 Å². The highest BCUT2D eigenvalue weighted by Gasteiger charge is 2.34. The summed E-state index contributed by atoms with van der Waals surface area (Å²) < 4.78 is 5.16. The second kappa shape index (κ2) is 12.2. The highest BCUT2D eigenvalue weighted by molar-refractivity contribution is 5.97. The van der Waals surface area contributed by atoms with Crippen molar-refractivity contribution in [3.05, 3.63) is 59.7 Å². The van der Waals surface area contributed by atoms with Crippen molar-refractivity contribution in [2.45, 2.75) is 52.1 Å². The van der Waals surface area contributed by atoms with Gasteiger partial charge in [0.15, 0.2) is 0 Å². The van der Waals surface area contributed by atoms with E-state index in [9.17, 15) is 14.4 Å². The molecular weight excluding hydrogens is 444 g/mol. The van der Waals surface area contributed by atoms with E-state index < -0.39 is 6.04 Å². The minimum atomic E-state index is -0.680. The van der Waals surface area contributed by atoms with Crippen molar-refractivity contribution in [1.82, 2.24) is 15.5 Å². The fraction of sp³-hybridized carbons (Fsp3) is 0.444. The van der Waals surface area contributed by atoms with Crippen LogP contribution in [0.1, 0.15) is 49.0 Å². The van der Waals surface area contributed by atoms with Gasteiger partial charge in [-0.05, 0) is 75.4 Å². The molecule has 8 nitrogen and oxygen atoms in total. The molecule has 1 fully saturated rings. The number of rotatable bonds is 8. The van der Waals surface area contributed by atoms with Gasteiger partial charge in [0.05, 0.1) is 7.11 Å². The lowest BCUT2D eigenvalue weighted by Gasteiger charge is -2.36. The first-order valence-corrected chi connectivity index (χ1v) is 12.2. The van der Waals surface area contributed by atoms with E-state index in [-0.39, 0.29) is 29.8 Å². The van der Waals surface area contributed by atoms with Gasteiger partial charge in [0.2, 0.25) is 5.91 Å². The molecule has 3 rings (SSSR count). The summed E-state index contributed by atoms with van der Waals surface area (Å²) in [6, 6.07) is 13.6. The lowest BCUT2D eigenvalue weighted by molar-refractivity contribution is -0.125. The van der Waals surface area contributed by atoms with Gasteiger partial charge in [-0.2, -0.15) is 0 Å². The molecule has 0 radical (unpaired) electrons. The quantitative estimate of drug-likeness (QED) is 0.532. The molecule has 0 spiro atoms. The Hall–Kier alpha value is -3.55. The van der Waals surface area contributed by atoms with Gasteiger partial charge in [0, 0.05) is 30.4 Å². The average molecular weight is 481 g/mol. The first-order chi connectivity index (χ1) is 16.8. The molecule has 8 heteroatoms. The van der Waals surface area contributed by atoms with Crippen molar-refractivity contribution in [2.24, 2.45) is 5.92 Å². The molecule has 188 valence electrons. The van der Waals surface area contributed by atoms with Gasteiger partial charge < -0.3 is 25.6 Å². The van der Waals surface area contributed by atoms with E-state index in [1.54, 1.807) is 36.3 Å². The summed E-state index contributed by atoms with van der Waals surface area (Å²) in [5, 5.41) is 8.88. The number of amides is 4. The minimum Gasteiger partial charge on any atom is -0.497 e. The Morgan fingerprint density at radius 2 is 1.63 bits per heavy atom. The first-order valence-electron chi connectivity index (χ1n) is 12.2. The molecule has 1 aliphatic heterocycles. The van der Waals surface area contributed by atoms with E-state index in [1.807, 2.05) is 45.0 Å². The highest BCUT2D eigenvalue weighted by atomic mass is 16.5. The van der Waals surface area contributed by atoms with Crippen LogP contribution in [-0.4, -0.2) is 55.0 Å². The smallest absolute Gasteiger partial charge is 0.321 e. The Bertz CT molecular complexity index is 999. The predicted molar refractivity (Wildman–Crippen MR) is 137 cm³/mol. The summed E-state index contributed by atoms with van der Waals surface area (Å²) in [5.41, 5.74) is 2.34. The van der Waals surface area contributed by atoms with E-state index in [1.165, 1.54) is 0 Å². The third-order valence-corrected chi connectivity index (χ3v) is 6.52. The number of piperidine rings is 1. The number of carbonyl (C=O) groups is 3. The molecule has 1 heterocycles. The van der Waals surface area contributed by atoms with Gasteiger partial charge in [0.25, 0.3) is 5.91 Å². The fourth-order valence-electron chi connectivity index (χ4n) is 4.07. The molecule has 1 aliphatic rings. The molecular formula is C27H36N4O4. The number of benzene rings is 2. The van der Waals surface area contributed by atoms with Crippen LogP contribution >= 0.6 is 0 Å². The van der Waals surface area contributed by atoms with E-state index >= 15 is 0 Å². The van der Waals surface area contributed by atoms with E-state index in [0.29, 0.717) is 37.2 Å². The Morgan fingerprint density at radius 1 is 1.00 bits per heavy atom. The molecule has 2 aromatic rings. The molecule has 2 atom stereocenters. The Labute approximate surface area is 207 Å². The number of urea groups is 1. The maximum atomic E-state index is 13.1. The van der Waals surface area contributed by atoms with E-state index in [4.69, 9.17) is 4.74 Å². The van der Waals surface area contributed by atoms with Crippen molar-refractivity contribution in [1.29, 1.82) is 0 Å². The predicted octanol–water partition coefficient (Wildman–Crippen LogP) is 3.96. The van der Waals surface area contributed by atoms with Gasteiger partial charge in [-0.1, -0.05) is 24.6 Å². The summed E-state index contributed by atoms with van der Waals surface area (Å²) >= 11 is 0. The van der Waals surface area contributed by atoms with Crippen LogP contribution in [0.4, 0.5) is 10.5 Å². The van der Waals surface area contributed by atoms with Crippen LogP contribution in [0, 0.1) is 12.8 Å². The summed E-state index contributed by atoms with van der Waals surface area (Å²) in [6.45, 7) is 6.96. The van der Waals surface area contributed by atoms with Crippen LogP contribution in [0.3, 0.4) is 0 Å². The summed E-state index contributed by atoms with van der Waals surface area (Å²) in [4.78, 5) is 40.5. The molecule has 2 aromatic carbocycles. The Kier molecular flexibility index (Phi) is 9.11. The Morgan fingerprint density at radius 3 is 2.20 bits per heavy atom. The van der Waals surface area contributed by atoms with Gasteiger partial charge in [0.1, 0.15) is 11.8 Å². The van der Waals surface area contributed by atoms with Crippen LogP contribution < -0.4 is 20.7 Å². The fourth-order valence-corrected chi connectivity index (χ4v) is 4.07. The number of carbonyl (C=O) groups excluding carboxylic acids is 3. The zero-order valence-corrected chi connectivity index (χ0v) is 21.0. The van der Waals surface area contributed by atoms with Crippen LogP contribution in [-0.2, 0) is 4.79 Å². The third kappa shape index (κ3) is 7.21. The molecule has 0 bridgehead atoms. The number of likely N-dealkylation sites (tertiary alicyclic amines) is 1. The average Bonchev–Trinajstić information content (AvgIpc) is 2.88. The normalized spacial score (nSPS) is 15.6. The van der Waals surface area contributed by atoms with Crippen LogP contribution in [0.2, 0.25) is 0 Å². The van der Waals surface area contributed by atoms with Gasteiger partial charge in [-0.3, -0.25) is 9.59 Å². The second-order valence-corrected chi connectivity index (χ2v) is 9.12. The van der Waals surface area contributed by atoms with Gasteiger partial charge in [-0.15, -0.1) is 0 Å². The molecule has 0 aromatic heterocycles. The summed E-state index contributed by atoms with van der Waals surface area (Å²) in [7, 11) is 1.57. The number of hydrogen-bond acceptors (Lipinski definition) is 4. The third-order valence-electron chi connectivity index (χ3n) is 6.52. The minimum absolute atomic E-state index is 0.00302. The molecule has 0 unspecified atom stereocenters. The number of ether oxygens (including phenoxy) is 1. The molecule has 1 saturated heterocycles. The number of aryl methyl sites for hydroxylation is 1. The number of anilines is 1. The number of hydrogen-bond donors (Lipinski definition) is 3. The summed E-state index contributed by atoms with van der Waals surface area (Å²) in [6.07, 6.45) is 2.02. The maximum absolute atomic E-state index is 13.1. The molecule has 0 saturated carbocycles. The van der Waals surface area contributed by atoms with Gasteiger partial charge in [-0.25, -0.2) is 4.79 Å². The van der Waals surface area contributed by atoms with Gasteiger partial charge >= 0.3 is 6.03 Å². The number of nitrogens with one attached hydrogen (secondary N) is 3. The lowest BCUT2D eigenvalue weighted by Crippen LogP contribution is -2.55. The largest absolute Gasteiger partial charge is 0.497 e. The zero-order chi connectivity index (χ0) is 25.4. The Balaban J connectivity index is 1.65. The summed E-state index contributed by atoms with van der Waals surface area (Å²) in [5.74, 6) is 0.0776. The lowest BCUT2D eigenvalue weighted by atomic mass is 9.88. The van der Waals surface area contributed by atoms with Crippen LogP contribution in [0.5, 0.6) is 5.75 Å². The standard InChI is InChI=1S/C27H36N4O4/c1-5-19(3)28-26(33)24(30-25(32)21-8-12-23(35-4)13-9-21)20-14-16-31(17-15-20)27(34)29-22-10-6-18(2)7-11-22/h6-13,19-20,24H,5,14-17H2,1-4H3,(H,28,33)(H,29,34)(H,30,32)/t19-,24+/m1/s1. The van der Waals surface area contributed by atoms with Crippen LogP contribution in [0.15, 0.2) is 48.5 Å². The number of nitrogens with zero attached hydrogens (tertiary/aromatic N) is 1. The molecule has 35 heavy (non-hydrogen) atoms. The highest BCUT2D eigenvalue weighted by Crippen LogP contribution is 2.23. The molecule has 0 aliphatic carbocycles. The molecule has 3 N–H and O–H groups in total. The van der Waals surface area contributed by atoms with Crippen molar-refractivity contribution in [3.63, 3.8) is 0 Å². The van der Waals surface area contributed by atoms with Crippen LogP contribution in [0.25, 0.3) is 0 Å². The number of methoxy groups -OCH3 is 1. The first kappa shape index (κ1) is 26.1. The maximum Gasteiger partial charge on any atom is 0.321 e. The zero-order valence-electron chi connectivity index (χ0n) is 21.0. The van der Waals surface area contributed by atoms with Crippen molar-refractivity contribution in [3.8, 4) is 5.75 Å².